The molecule has 1 aliphatic heterocycles. The Morgan fingerprint density at radius 3 is 2.59 bits per heavy atom. The Labute approximate surface area is 169 Å². The number of anilines is 1. The largest absolute Gasteiger partial charge is 0.369 e. The van der Waals surface area contributed by atoms with Gasteiger partial charge in [-0.1, -0.05) is 26.0 Å². The van der Waals surface area contributed by atoms with Crippen molar-refractivity contribution in [2.24, 2.45) is 17.1 Å². The summed E-state index contributed by atoms with van der Waals surface area (Å²) in [7, 11) is 0. The number of hydrogen-bond donors (Lipinski definition) is 1. The number of carbonyl (C=O) groups excluding carboxylic acids is 1. The van der Waals surface area contributed by atoms with Gasteiger partial charge >= 0.3 is 0 Å². The van der Waals surface area contributed by atoms with Crippen LogP contribution < -0.4 is 10.6 Å². The molecule has 2 aromatic heterocycles. The fraction of sp³-hybridized carbons (Fsp3) is 0.435. The van der Waals surface area contributed by atoms with Crippen molar-refractivity contribution >= 4 is 28.4 Å². The highest BCUT2D eigenvalue weighted by molar-refractivity contribution is 5.87. The molecule has 3 aromatic rings. The van der Waals surface area contributed by atoms with Gasteiger partial charge in [0.1, 0.15) is 11.9 Å². The van der Waals surface area contributed by atoms with E-state index in [0.717, 1.165) is 66.8 Å². The van der Waals surface area contributed by atoms with E-state index < -0.39 is 0 Å². The zero-order valence-corrected chi connectivity index (χ0v) is 16.9. The molecule has 1 saturated heterocycles. The first kappa shape index (κ1) is 18.0. The molecular formula is C23H25N5O. The molecule has 1 amide bonds. The van der Waals surface area contributed by atoms with Gasteiger partial charge in [-0.05, 0) is 54.4 Å². The molecule has 2 aliphatic rings. The summed E-state index contributed by atoms with van der Waals surface area (Å²) in [5.41, 5.74) is 11.5. The first-order valence-corrected chi connectivity index (χ1v) is 10.3. The minimum atomic E-state index is -0.200. The van der Waals surface area contributed by atoms with Crippen LogP contribution in [0.5, 0.6) is 0 Å². The summed E-state index contributed by atoms with van der Waals surface area (Å²) < 4.78 is 2.18. The van der Waals surface area contributed by atoms with Crippen molar-refractivity contribution in [2.75, 3.05) is 18.0 Å². The van der Waals surface area contributed by atoms with Crippen LogP contribution in [0.15, 0.2) is 24.3 Å². The maximum atomic E-state index is 11.7. The normalized spacial score (nSPS) is 18.9. The predicted octanol–water partition coefficient (Wildman–Crippen LogP) is 3.19. The van der Waals surface area contributed by atoms with Crippen LogP contribution in [0.2, 0.25) is 0 Å². The van der Waals surface area contributed by atoms with E-state index in [-0.39, 0.29) is 17.2 Å². The molecule has 0 spiro atoms. The number of piperidine rings is 1. The lowest BCUT2D eigenvalue weighted by Gasteiger charge is -2.34. The number of rotatable bonds is 2. The molecule has 0 saturated carbocycles. The highest BCUT2D eigenvalue weighted by Crippen LogP contribution is 2.45. The molecule has 1 aliphatic carbocycles. The number of amides is 1. The molecule has 6 nitrogen and oxygen atoms in total. The molecule has 5 rings (SSSR count). The summed E-state index contributed by atoms with van der Waals surface area (Å²) in [6, 6.07) is 10.5. The van der Waals surface area contributed by atoms with Gasteiger partial charge < -0.3 is 10.6 Å². The summed E-state index contributed by atoms with van der Waals surface area (Å²) in [5, 5.41) is 10.0. The number of carbonyl (C=O) groups is 1. The van der Waals surface area contributed by atoms with E-state index in [9.17, 15) is 10.1 Å². The summed E-state index contributed by atoms with van der Waals surface area (Å²) in [6.45, 7) is 6.10. The summed E-state index contributed by atoms with van der Waals surface area (Å²) in [6.07, 6.45) is 3.35. The molecule has 0 unspecified atom stereocenters. The zero-order valence-electron chi connectivity index (χ0n) is 16.9. The maximum Gasteiger partial charge on any atom is 0.220 e. The zero-order chi connectivity index (χ0) is 20.3. The predicted molar refractivity (Wildman–Crippen MR) is 113 cm³/mol. The molecule has 6 heteroatoms. The van der Waals surface area contributed by atoms with E-state index in [0.29, 0.717) is 5.56 Å². The quantitative estimate of drug-likeness (QED) is 0.731. The van der Waals surface area contributed by atoms with Gasteiger partial charge in [-0.3, -0.25) is 9.20 Å². The van der Waals surface area contributed by atoms with Crippen LogP contribution >= 0.6 is 0 Å². The highest BCUT2D eigenvalue weighted by atomic mass is 16.1. The smallest absolute Gasteiger partial charge is 0.220 e. The first-order valence-electron chi connectivity index (χ1n) is 10.3. The summed E-state index contributed by atoms with van der Waals surface area (Å²) in [4.78, 5) is 18.9. The van der Waals surface area contributed by atoms with Gasteiger partial charge in [-0.2, -0.15) is 5.26 Å². The average molecular weight is 387 g/mol. The van der Waals surface area contributed by atoms with Crippen molar-refractivity contribution in [3.63, 3.8) is 0 Å². The number of nitrogens with zero attached hydrogens (tertiary/aromatic N) is 4. The van der Waals surface area contributed by atoms with Crippen LogP contribution in [0, 0.1) is 22.7 Å². The van der Waals surface area contributed by atoms with Gasteiger partial charge in [0, 0.05) is 19.0 Å². The monoisotopic (exact) mass is 387 g/mol. The van der Waals surface area contributed by atoms with E-state index in [4.69, 9.17) is 10.7 Å². The second-order valence-electron chi connectivity index (χ2n) is 9.21. The third-order valence-corrected chi connectivity index (χ3v) is 6.55. The van der Waals surface area contributed by atoms with E-state index in [1.807, 2.05) is 18.2 Å². The van der Waals surface area contributed by atoms with Crippen molar-refractivity contribution < 1.29 is 4.79 Å². The van der Waals surface area contributed by atoms with Gasteiger partial charge in [-0.25, -0.2) is 4.98 Å². The fourth-order valence-electron chi connectivity index (χ4n) is 5.19. The van der Waals surface area contributed by atoms with E-state index in [2.05, 4.69) is 35.3 Å². The second kappa shape index (κ2) is 6.21. The number of pyridine rings is 1. The first-order chi connectivity index (χ1) is 13.9. The van der Waals surface area contributed by atoms with E-state index >= 15 is 0 Å². The van der Waals surface area contributed by atoms with Gasteiger partial charge in [0.15, 0.2) is 5.65 Å². The molecule has 2 N–H and O–H groups in total. The van der Waals surface area contributed by atoms with Crippen LogP contribution in [0.4, 0.5) is 5.82 Å². The molecule has 0 radical (unpaired) electrons. The third-order valence-electron chi connectivity index (χ3n) is 6.55. The van der Waals surface area contributed by atoms with E-state index in [1.165, 1.54) is 5.56 Å². The van der Waals surface area contributed by atoms with Crippen LogP contribution in [-0.4, -0.2) is 28.4 Å². The number of para-hydroxylation sites is 2. The van der Waals surface area contributed by atoms with Gasteiger partial charge in [0.25, 0.3) is 0 Å². The van der Waals surface area contributed by atoms with Crippen molar-refractivity contribution in [1.29, 1.82) is 5.26 Å². The van der Waals surface area contributed by atoms with Gasteiger partial charge in [0.05, 0.1) is 16.6 Å². The van der Waals surface area contributed by atoms with Crippen LogP contribution in [0.3, 0.4) is 0 Å². The molecule has 29 heavy (non-hydrogen) atoms. The Bertz CT molecular complexity index is 1190. The Kier molecular flexibility index (Phi) is 3.86. The standard InChI is InChI=1S/C23H25N5O/c1-23(2)11-15-16(12-23)22(27-9-7-14(8-10-27)20(25)29)28-19-6-4-3-5-18(19)26-21(28)17(15)13-24/h3-6,14H,7-12H2,1-2H3,(H2,25,29). The van der Waals surface area contributed by atoms with E-state index in [1.54, 1.807) is 0 Å². The Morgan fingerprint density at radius 1 is 1.21 bits per heavy atom. The topological polar surface area (TPSA) is 87.4 Å². The number of primary amides is 1. The SMILES string of the molecule is CC1(C)Cc2c(c(N3CCC(C(N)=O)CC3)n3c(nc4ccccc43)c2C#N)C1. The Balaban J connectivity index is 1.78. The number of nitrogens with two attached hydrogens (primary N) is 1. The van der Waals surface area contributed by atoms with Crippen LogP contribution in [0.1, 0.15) is 43.4 Å². The second-order valence-corrected chi connectivity index (χ2v) is 9.21. The number of imidazole rings is 1. The number of nitriles is 1. The molecule has 0 bridgehead atoms. The Hall–Kier alpha value is -3.07. The summed E-state index contributed by atoms with van der Waals surface area (Å²) in [5.74, 6) is 0.898. The maximum absolute atomic E-state index is 11.7. The number of benzene rings is 1. The molecule has 3 heterocycles. The molecule has 1 fully saturated rings. The molecule has 0 atom stereocenters. The number of aromatic nitrogens is 2. The summed E-state index contributed by atoms with van der Waals surface area (Å²) >= 11 is 0. The van der Waals surface area contributed by atoms with Gasteiger partial charge in [0.2, 0.25) is 5.91 Å². The molecular weight excluding hydrogens is 362 g/mol. The van der Waals surface area contributed by atoms with Crippen molar-refractivity contribution in [3.05, 3.63) is 41.0 Å². The lowest BCUT2D eigenvalue weighted by molar-refractivity contribution is -0.122. The van der Waals surface area contributed by atoms with Gasteiger partial charge in [-0.15, -0.1) is 0 Å². The van der Waals surface area contributed by atoms with Crippen molar-refractivity contribution in [2.45, 2.75) is 39.5 Å². The number of fused-ring (bicyclic) bond motifs is 4. The van der Waals surface area contributed by atoms with Crippen LogP contribution in [-0.2, 0) is 17.6 Å². The molecule has 148 valence electrons. The average Bonchev–Trinajstić information content (AvgIpc) is 3.22. The highest BCUT2D eigenvalue weighted by Gasteiger charge is 2.37. The Morgan fingerprint density at radius 2 is 1.90 bits per heavy atom. The van der Waals surface area contributed by atoms with Crippen molar-refractivity contribution in [1.82, 2.24) is 9.38 Å². The lowest BCUT2D eigenvalue weighted by Crippen LogP contribution is -2.39. The molecule has 1 aromatic carbocycles. The fourth-order valence-corrected chi connectivity index (χ4v) is 5.19. The lowest BCUT2D eigenvalue weighted by atomic mass is 9.90. The third kappa shape index (κ3) is 2.68. The minimum Gasteiger partial charge on any atom is -0.369 e. The minimum absolute atomic E-state index is 0.0517. The van der Waals surface area contributed by atoms with Crippen molar-refractivity contribution in [3.8, 4) is 6.07 Å². The number of hydrogen-bond acceptors (Lipinski definition) is 4. The van der Waals surface area contributed by atoms with Crippen LogP contribution in [0.25, 0.3) is 16.7 Å².